The highest BCUT2D eigenvalue weighted by Gasteiger charge is 2.13. The molecule has 0 fully saturated rings. The molecule has 1 aromatic heterocycles. The van der Waals surface area contributed by atoms with Gasteiger partial charge in [-0.3, -0.25) is 4.79 Å². The van der Waals surface area contributed by atoms with E-state index >= 15 is 0 Å². The van der Waals surface area contributed by atoms with Crippen molar-refractivity contribution in [1.82, 2.24) is 10.3 Å². The van der Waals surface area contributed by atoms with Gasteiger partial charge in [-0.2, -0.15) is 0 Å². The molecule has 2 heterocycles. The number of fused-ring (bicyclic) bond motifs is 2. The molecule has 0 saturated carbocycles. The van der Waals surface area contributed by atoms with Gasteiger partial charge in [-0.1, -0.05) is 31.2 Å². The lowest BCUT2D eigenvalue weighted by Gasteiger charge is -2.08. The lowest BCUT2D eigenvalue weighted by Crippen LogP contribution is -2.21. The fourth-order valence-electron chi connectivity index (χ4n) is 3.16. The SMILES string of the molecule is CCc1cccc2cc(CNCc3ccc4c(c3)OCO4)c(=O)[nH]c12. The van der Waals surface area contributed by atoms with Gasteiger partial charge >= 0.3 is 0 Å². The van der Waals surface area contributed by atoms with E-state index in [0.29, 0.717) is 13.1 Å². The molecule has 1 aliphatic rings. The number of aromatic amines is 1. The predicted octanol–water partition coefficient (Wildman–Crippen LogP) is 3.11. The second-order valence-electron chi connectivity index (χ2n) is 6.15. The molecule has 0 unspecified atom stereocenters. The summed E-state index contributed by atoms with van der Waals surface area (Å²) in [5.41, 5.74) is 3.90. The molecular weight excluding hydrogens is 316 g/mol. The molecule has 128 valence electrons. The van der Waals surface area contributed by atoms with E-state index < -0.39 is 0 Å². The Labute approximate surface area is 145 Å². The molecule has 25 heavy (non-hydrogen) atoms. The Morgan fingerprint density at radius 2 is 1.92 bits per heavy atom. The lowest BCUT2D eigenvalue weighted by molar-refractivity contribution is 0.174. The Balaban J connectivity index is 1.49. The van der Waals surface area contributed by atoms with Crippen LogP contribution in [0.25, 0.3) is 10.9 Å². The van der Waals surface area contributed by atoms with Crippen molar-refractivity contribution in [3.63, 3.8) is 0 Å². The van der Waals surface area contributed by atoms with Crippen LogP contribution in [0.1, 0.15) is 23.6 Å². The van der Waals surface area contributed by atoms with Gasteiger partial charge in [-0.05, 0) is 41.1 Å². The number of rotatable bonds is 5. The van der Waals surface area contributed by atoms with Gasteiger partial charge in [-0.25, -0.2) is 0 Å². The minimum absolute atomic E-state index is 0.0356. The van der Waals surface area contributed by atoms with Gasteiger partial charge in [0.05, 0.1) is 5.52 Å². The maximum absolute atomic E-state index is 12.4. The number of H-pyrrole nitrogens is 1. The fourth-order valence-corrected chi connectivity index (χ4v) is 3.16. The molecule has 5 heteroatoms. The predicted molar refractivity (Wildman–Crippen MR) is 97.1 cm³/mol. The molecule has 0 atom stereocenters. The molecular formula is C20H20N2O3. The zero-order valence-corrected chi connectivity index (χ0v) is 14.1. The van der Waals surface area contributed by atoms with Crippen LogP contribution in [0.4, 0.5) is 0 Å². The number of para-hydroxylation sites is 1. The first-order chi connectivity index (χ1) is 12.2. The first-order valence-corrected chi connectivity index (χ1v) is 8.47. The van der Waals surface area contributed by atoms with Crippen molar-refractivity contribution >= 4 is 10.9 Å². The second-order valence-corrected chi connectivity index (χ2v) is 6.15. The molecule has 2 aromatic carbocycles. The Hall–Kier alpha value is -2.79. The van der Waals surface area contributed by atoms with E-state index in [1.807, 2.05) is 36.4 Å². The minimum atomic E-state index is -0.0356. The number of hydrogen-bond acceptors (Lipinski definition) is 4. The number of pyridine rings is 1. The molecule has 3 aromatic rings. The molecule has 0 bridgehead atoms. The van der Waals surface area contributed by atoms with E-state index in [2.05, 4.69) is 23.3 Å². The summed E-state index contributed by atoms with van der Waals surface area (Å²) in [6.07, 6.45) is 0.898. The molecule has 0 aliphatic carbocycles. The number of benzene rings is 2. The number of aryl methyl sites for hydroxylation is 1. The van der Waals surface area contributed by atoms with Crippen LogP contribution in [0.3, 0.4) is 0 Å². The van der Waals surface area contributed by atoms with Crippen LogP contribution in [0, 0.1) is 0 Å². The Kier molecular flexibility index (Phi) is 4.15. The van der Waals surface area contributed by atoms with Crippen molar-refractivity contribution in [3.05, 3.63) is 69.5 Å². The highest BCUT2D eigenvalue weighted by molar-refractivity contribution is 5.82. The summed E-state index contributed by atoms with van der Waals surface area (Å²) in [4.78, 5) is 15.4. The van der Waals surface area contributed by atoms with Crippen molar-refractivity contribution in [3.8, 4) is 11.5 Å². The topological polar surface area (TPSA) is 63.4 Å². The van der Waals surface area contributed by atoms with Gasteiger partial charge in [0.1, 0.15) is 0 Å². The van der Waals surface area contributed by atoms with Gasteiger partial charge in [0, 0.05) is 18.7 Å². The number of ether oxygens (including phenoxy) is 2. The Bertz CT molecular complexity index is 978. The maximum Gasteiger partial charge on any atom is 0.252 e. The van der Waals surface area contributed by atoms with Crippen molar-refractivity contribution in [2.45, 2.75) is 26.4 Å². The van der Waals surface area contributed by atoms with Crippen molar-refractivity contribution in [2.75, 3.05) is 6.79 Å². The summed E-state index contributed by atoms with van der Waals surface area (Å²) >= 11 is 0. The van der Waals surface area contributed by atoms with Crippen molar-refractivity contribution < 1.29 is 9.47 Å². The third-order valence-electron chi connectivity index (χ3n) is 4.51. The Morgan fingerprint density at radius 1 is 1.04 bits per heavy atom. The van der Waals surface area contributed by atoms with E-state index in [9.17, 15) is 4.79 Å². The summed E-state index contributed by atoms with van der Waals surface area (Å²) in [5.74, 6) is 1.55. The average Bonchev–Trinajstić information content (AvgIpc) is 3.09. The maximum atomic E-state index is 12.4. The van der Waals surface area contributed by atoms with Crippen LogP contribution >= 0.6 is 0 Å². The van der Waals surface area contributed by atoms with Gasteiger partial charge in [0.2, 0.25) is 6.79 Å². The zero-order chi connectivity index (χ0) is 17.2. The van der Waals surface area contributed by atoms with Crippen LogP contribution in [-0.4, -0.2) is 11.8 Å². The normalized spacial score (nSPS) is 12.7. The van der Waals surface area contributed by atoms with Crippen LogP contribution in [0.2, 0.25) is 0 Å². The molecule has 4 rings (SSSR count). The van der Waals surface area contributed by atoms with E-state index in [0.717, 1.165) is 45.5 Å². The quantitative estimate of drug-likeness (QED) is 0.751. The second kappa shape index (κ2) is 6.61. The largest absolute Gasteiger partial charge is 0.454 e. The summed E-state index contributed by atoms with van der Waals surface area (Å²) in [7, 11) is 0. The van der Waals surface area contributed by atoms with E-state index in [4.69, 9.17) is 9.47 Å². The number of aromatic nitrogens is 1. The van der Waals surface area contributed by atoms with Crippen molar-refractivity contribution in [1.29, 1.82) is 0 Å². The van der Waals surface area contributed by atoms with Crippen LogP contribution in [0.5, 0.6) is 11.5 Å². The summed E-state index contributed by atoms with van der Waals surface area (Å²) in [5, 5.41) is 4.40. The summed E-state index contributed by atoms with van der Waals surface area (Å²) < 4.78 is 10.7. The van der Waals surface area contributed by atoms with Gasteiger partial charge in [-0.15, -0.1) is 0 Å². The number of nitrogens with one attached hydrogen (secondary N) is 2. The lowest BCUT2D eigenvalue weighted by atomic mass is 10.1. The van der Waals surface area contributed by atoms with E-state index in [1.54, 1.807) is 0 Å². The zero-order valence-electron chi connectivity index (χ0n) is 14.1. The van der Waals surface area contributed by atoms with Crippen LogP contribution in [-0.2, 0) is 19.5 Å². The monoisotopic (exact) mass is 336 g/mol. The first kappa shape index (κ1) is 15.7. The molecule has 0 saturated heterocycles. The summed E-state index contributed by atoms with van der Waals surface area (Å²) in [6.45, 7) is 3.53. The average molecular weight is 336 g/mol. The van der Waals surface area contributed by atoms with Crippen LogP contribution < -0.4 is 20.3 Å². The third kappa shape index (κ3) is 3.10. The molecule has 5 nitrogen and oxygen atoms in total. The molecule has 0 amide bonds. The first-order valence-electron chi connectivity index (χ1n) is 8.47. The van der Waals surface area contributed by atoms with Gasteiger partial charge in [0.25, 0.3) is 5.56 Å². The van der Waals surface area contributed by atoms with E-state index in [1.165, 1.54) is 0 Å². The minimum Gasteiger partial charge on any atom is -0.454 e. The van der Waals surface area contributed by atoms with Gasteiger partial charge in [0.15, 0.2) is 11.5 Å². The highest BCUT2D eigenvalue weighted by Crippen LogP contribution is 2.32. The van der Waals surface area contributed by atoms with Crippen molar-refractivity contribution in [2.24, 2.45) is 0 Å². The molecule has 0 radical (unpaired) electrons. The molecule has 2 N–H and O–H groups in total. The van der Waals surface area contributed by atoms with Gasteiger partial charge < -0.3 is 19.8 Å². The highest BCUT2D eigenvalue weighted by atomic mass is 16.7. The smallest absolute Gasteiger partial charge is 0.252 e. The molecule has 1 aliphatic heterocycles. The van der Waals surface area contributed by atoms with E-state index in [-0.39, 0.29) is 12.4 Å². The molecule has 0 spiro atoms. The Morgan fingerprint density at radius 3 is 2.80 bits per heavy atom. The number of hydrogen-bond donors (Lipinski definition) is 2. The standard InChI is InChI=1S/C20H20N2O3/c1-2-14-4-3-5-15-9-16(20(23)22-19(14)15)11-21-10-13-6-7-17-18(8-13)25-12-24-17/h3-9,21H,2,10-12H2,1H3,(H,22,23). The third-order valence-corrected chi connectivity index (χ3v) is 4.51. The van der Waals surface area contributed by atoms with Crippen LogP contribution in [0.15, 0.2) is 47.3 Å². The summed E-state index contributed by atoms with van der Waals surface area (Å²) in [6, 6.07) is 14.0. The fraction of sp³-hybridized carbons (Fsp3) is 0.250.